The largest absolute Gasteiger partial charge is 0.412 e. The molecule has 10 aromatic rings. The summed E-state index contributed by atoms with van der Waals surface area (Å²) >= 11 is 26.8. The number of hydrogen-bond donors (Lipinski definition) is 6. The van der Waals surface area contributed by atoms with Crippen molar-refractivity contribution < 1.29 is 65.3 Å². The highest BCUT2D eigenvalue weighted by atomic mass is 35.5. The molecule has 5 amide bonds. The van der Waals surface area contributed by atoms with Crippen molar-refractivity contribution >= 4 is 141 Å². The number of nitrogens with zero attached hydrogens (tertiary/aromatic N) is 9. The number of carbonyl (C=O) groups is 6. The van der Waals surface area contributed by atoms with Crippen molar-refractivity contribution in [2.75, 3.05) is 172 Å². The molecule has 25 nitrogen and oxygen atoms in total. The number of thioether (sulfide) groups is 2. The van der Waals surface area contributed by atoms with Gasteiger partial charge in [-0.25, -0.2) is 4.98 Å². The van der Waals surface area contributed by atoms with E-state index >= 15 is 0 Å². The Morgan fingerprint density at radius 3 is 1.42 bits per heavy atom. The Balaban J connectivity index is 0.000000224. The average Bonchev–Trinajstić information content (AvgIpc) is 1.60. The second kappa shape index (κ2) is 60.8. The number of morpholine rings is 2. The standard InChI is InChI=1S/C50H60ClN7O6S.C24H28ClN3O.2C22H29NOS2.4H2O/c1-31(33-6-8-35(9-7-33)46-32(2)53-30-65-46)24-43(60)42-25-40(59)29-58(42)49(64)47(50(3,4)5)54-44(61)26-45(62)57-19-18-41(34-10-14-38(51)15-11-34)37(28-57)27-55-20-22-56(23-21-55)39-16-12-36(13-17-39)48(52)63;25-21-9-5-18(6-10-21)23-4-2-1-3-20(23)17-27-13-15-28(16-14-27)22-11-7-19(8-12-22)24(26)29;2*1-18-15-21(25)8-7-20(18)16-19(9-10-23-11-13-24-14-12-23)17-26-22-5-3-2-4-6-22;;;;/h6-17,30-31,40,42,47,59H,18-29H2,1-5H3,(H2,52,63)(H,54,61);5-12H,1-4,13-17H2,(H2,26,29);2*2-8,15,19,25H,9-14,16-17H2,1H3;4*1H2/t31-,40-,42+,47-;;2*19-;;;;/m1.00..../s1. The topological polar surface area (TPSA) is 370 Å². The first-order chi connectivity index (χ1) is 70.4. The minimum Gasteiger partial charge on any atom is -0.412 e. The molecule has 808 valence electrons. The van der Waals surface area contributed by atoms with Crippen molar-refractivity contribution in [3.05, 3.63) is 301 Å². The maximum Gasteiger partial charge on any atom is 0.248 e. The summed E-state index contributed by atoms with van der Waals surface area (Å²) in [6.45, 7) is 33.7. The van der Waals surface area contributed by atoms with E-state index in [-0.39, 0.29) is 64.8 Å². The molecule has 1 aliphatic carbocycles. The van der Waals surface area contributed by atoms with E-state index in [1.54, 1.807) is 33.9 Å². The van der Waals surface area contributed by atoms with Crippen LogP contribution in [0.3, 0.4) is 0 Å². The molecule has 5 fully saturated rings. The van der Waals surface area contributed by atoms with Gasteiger partial charge in [-0.3, -0.25) is 48.4 Å². The van der Waals surface area contributed by atoms with Crippen molar-refractivity contribution in [2.45, 2.75) is 169 Å². The fourth-order valence-electron chi connectivity index (χ4n) is 20.4. The van der Waals surface area contributed by atoms with Crippen LogP contribution in [0.25, 0.3) is 21.6 Å². The lowest BCUT2D eigenvalue weighted by molar-refractivity contribution is -0.144. The number of aliphatic hydroxyl groups is 1. The predicted octanol–water partition coefficient (Wildman–Crippen LogP) is 17.5. The number of aryl methyl sites for hydroxylation is 3. The zero-order chi connectivity index (χ0) is 103. The van der Waals surface area contributed by atoms with Gasteiger partial charge < -0.3 is 72.9 Å². The second-order valence-electron chi connectivity index (χ2n) is 40.8. The highest BCUT2D eigenvalue weighted by Gasteiger charge is 2.45. The molecule has 6 atom stereocenters. The van der Waals surface area contributed by atoms with Gasteiger partial charge >= 0.3 is 0 Å². The highest BCUT2D eigenvalue weighted by Crippen LogP contribution is 2.39. The minimum absolute atomic E-state index is 0. The molecule has 0 saturated carbocycles. The van der Waals surface area contributed by atoms with Crippen LogP contribution in [0.1, 0.15) is 163 Å². The van der Waals surface area contributed by atoms with Gasteiger partial charge in [0.15, 0.2) is 5.78 Å². The number of thiol groups is 2. The van der Waals surface area contributed by atoms with Gasteiger partial charge in [-0.2, -0.15) is 0 Å². The number of anilines is 2. The van der Waals surface area contributed by atoms with E-state index < -0.39 is 47.7 Å². The van der Waals surface area contributed by atoms with Crippen LogP contribution in [0, 0.1) is 38.0 Å². The minimum atomic E-state index is -1.04. The molecular weight excluding hydrogens is 2020 g/mol. The number of nitrogens with one attached hydrogen (secondary N) is 1. The lowest BCUT2D eigenvalue weighted by Crippen LogP contribution is -2.57. The number of β-amino-alcohol motifs (C(OH)–C–C–N with tert-alkyl or cyclic N) is 1. The maximum absolute atomic E-state index is 14.4. The SMILES string of the molecule is Cc1cc(S)ccc1C[C@H](CCN1CCOCC1)CSc1ccccc1.Cc1cc(S)ccc1C[C@H](CCN1CCOCC1)CSc1ccccc1.Cc1ncsc1-c1ccc([C@H](C)CC(=O)[C@@H]2C[C@@H](O)CN2C(=O)[C@@H](NC(=O)CC(=O)N2CCC(c3ccc(Cl)cc3)=C(CN3CCN(c4ccc(C(N)=O)cc4)CC3)C2)C(C)(C)C)cc1.NC(=O)c1ccc(N2CCN(CC3=C(c4ccc(Cl)cc4)CCCC3)CC2)cc1.O.O.O.O. The number of hydrogen-bond acceptors (Lipinski definition) is 21. The average molecular weight is 2180 g/mol. The molecule has 0 unspecified atom stereocenters. The Morgan fingerprint density at radius 1 is 0.533 bits per heavy atom. The molecule has 7 aliphatic rings. The summed E-state index contributed by atoms with van der Waals surface area (Å²) in [7, 11) is 0. The summed E-state index contributed by atoms with van der Waals surface area (Å²) < 4.78 is 11.0. The summed E-state index contributed by atoms with van der Waals surface area (Å²) in [5.74, 6) is 1.19. The number of Topliss-reactive ketones (excluding diaryl/α,β-unsaturated/α-hetero) is 1. The summed E-state index contributed by atoms with van der Waals surface area (Å²) in [6, 6.07) is 71.9. The number of ketones is 1. The number of amides is 5. The van der Waals surface area contributed by atoms with Gasteiger partial charge in [0.25, 0.3) is 0 Å². The first kappa shape index (κ1) is 122. The smallest absolute Gasteiger partial charge is 0.248 e. The van der Waals surface area contributed by atoms with Crippen LogP contribution < -0.4 is 26.6 Å². The monoisotopic (exact) mass is 2180 g/mol. The molecular formula is C118H154Cl2N12O13S5. The third-order valence-electron chi connectivity index (χ3n) is 29.1. The first-order valence-electron chi connectivity index (χ1n) is 51.8. The van der Waals surface area contributed by atoms with Crippen molar-refractivity contribution in [1.82, 2.24) is 39.7 Å². The van der Waals surface area contributed by atoms with E-state index in [9.17, 15) is 33.9 Å². The fraction of sp³-hybridized carbons (Fsp3) is 0.432. The van der Waals surface area contributed by atoms with Gasteiger partial charge in [0.05, 0.1) is 54.7 Å². The van der Waals surface area contributed by atoms with E-state index in [0.29, 0.717) is 54.0 Å². The number of benzene rings is 9. The zero-order valence-corrected chi connectivity index (χ0v) is 93.5. The second-order valence-corrected chi connectivity index (χ2v) is 45.7. The summed E-state index contributed by atoms with van der Waals surface area (Å²) in [4.78, 5) is 107. The molecule has 150 heavy (non-hydrogen) atoms. The van der Waals surface area contributed by atoms with E-state index in [4.69, 9.17) is 44.1 Å². The quantitative estimate of drug-likeness (QED) is 0.0122. The van der Waals surface area contributed by atoms with Crippen molar-refractivity contribution in [3.63, 3.8) is 0 Å². The van der Waals surface area contributed by atoms with E-state index in [0.717, 1.165) is 200 Å². The van der Waals surface area contributed by atoms with Crippen molar-refractivity contribution in [3.8, 4) is 10.4 Å². The van der Waals surface area contributed by atoms with Crippen LogP contribution in [0.2, 0.25) is 10.0 Å². The number of aliphatic hydroxyl groups excluding tert-OH is 1. The normalized spacial score (nSPS) is 17.6. The maximum atomic E-state index is 14.4. The number of thiazole rings is 1. The summed E-state index contributed by atoms with van der Waals surface area (Å²) in [5, 5.41) is 15.1. The molecule has 0 radical (unpaired) electrons. The molecule has 7 heterocycles. The van der Waals surface area contributed by atoms with E-state index in [1.165, 1.54) is 99.7 Å². The Labute approximate surface area is 920 Å². The van der Waals surface area contributed by atoms with Crippen LogP contribution in [0.15, 0.2) is 255 Å². The molecule has 0 spiro atoms. The number of piperazine rings is 2. The molecule has 0 bridgehead atoms. The molecule has 6 aliphatic heterocycles. The van der Waals surface area contributed by atoms with E-state index in [2.05, 4.69) is 188 Å². The lowest BCUT2D eigenvalue weighted by Gasteiger charge is -2.39. The Bertz CT molecular complexity index is 5870. The third kappa shape index (κ3) is 36.7. The number of ether oxygens (including phenoxy) is 2. The van der Waals surface area contributed by atoms with Crippen LogP contribution in [-0.2, 0) is 41.5 Å². The summed E-state index contributed by atoms with van der Waals surface area (Å²) in [6.07, 6.45) is 9.27. The van der Waals surface area contributed by atoms with Crippen LogP contribution in [0.4, 0.5) is 11.4 Å². The van der Waals surface area contributed by atoms with Gasteiger partial charge in [-0.15, -0.1) is 60.1 Å². The fourth-order valence-corrected chi connectivity index (χ4v) is 24.1. The van der Waals surface area contributed by atoms with Gasteiger partial charge in [-0.1, -0.05) is 154 Å². The number of likely N-dealkylation sites (tertiary alicyclic amines) is 1. The number of rotatable bonds is 35. The molecule has 17 rings (SSSR count). The van der Waals surface area contributed by atoms with E-state index in [1.807, 2.05) is 161 Å². The Hall–Kier alpha value is -9.75. The Morgan fingerprint density at radius 2 is 0.980 bits per heavy atom. The zero-order valence-electron chi connectivity index (χ0n) is 87.8. The van der Waals surface area contributed by atoms with Crippen LogP contribution in [0.5, 0.6) is 0 Å². The lowest BCUT2D eigenvalue weighted by atomic mass is 9.85. The molecule has 32 heteroatoms. The third-order valence-corrected chi connectivity index (χ3v) is 33.6. The van der Waals surface area contributed by atoms with Gasteiger partial charge in [0.2, 0.25) is 29.5 Å². The number of nitrogens with two attached hydrogens (primary N) is 2. The molecule has 9 aromatic carbocycles. The Kier molecular flexibility index (Phi) is 49.5. The van der Waals surface area contributed by atoms with Gasteiger partial charge in [0, 0.05) is 188 Å². The number of allylic oxidation sites excluding steroid dienone is 1. The van der Waals surface area contributed by atoms with Gasteiger partial charge in [-0.05, 0) is 297 Å². The molecule has 1 aromatic heterocycles. The van der Waals surface area contributed by atoms with Gasteiger partial charge in [0.1, 0.15) is 12.5 Å². The number of aromatic nitrogens is 1. The molecule has 5 saturated heterocycles. The first-order valence-corrected chi connectivity index (χ1v) is 56.3. The number of halogens is 2. The highest BCUT2D eigenvalue weighted by molar-refractivity contribution is 7.99. The van der Waals surface area contributed by atoms with Crippen LogP contribution >= 0.6 is 83.3 Å². The predicted molar refractivity (Wildman–Crippen MR) is 620 cm³/mol. The number of primary amides is 2. The number of carbonyl (C=O) groups excluding carboxylic acids is 6. The van der Waals surface area contributed by atoms with Crippen LogP contribution in [-0.4, -0.2) is 277 Å². The van der Waals surface area contributed by atoms with Crippen molar-refractivity contribution in [2.24, 2.45) is 28.7 Å². The summed E-state index contributed by atoms with van der Waals surface area (Å²) in [5.41, 5.74) is 31.5. The molecule has 14 N–H and O–H groups in total. The van der Waals surface area contributed by atoms with Crippen molar-refractivity contribution in [1.29, 1.82) is 0 Å².